The molecular formula is C11H21N3O2. The van der Waals surface area contributed by atoms with Crippen molar-refractivity contribution in [2.24, 2.45) is 5.92 Å². The second-order valence-electron chi connectivity index (χ2n) is 4.54. The Morgan fingerprint density at radius 2 is 2.06 bits per heavy atom. The summed E-state index contributed by atoms with van der Waals surface area (Å²) in [5, 5.41) is 3.18. The molecule has 5 nitrogen and oxygen atoms in total. The first-order chi connectivity index (χ1) is 7.81. The van der Waals surface area contributed by atoms with E-state index in [-0.39, 0.29) is 6.03 Å². The zero-order valence-corrected chi connectivity index (χ0v) is 9.95. The molecule has 2 saturated heterocycles. The van der Waals surface area contributed by atoms with E-state index in [0.29, 0.717) is 19.1 Å². The van der Waals surface area contributed by atoms with Crippen molar-refractivity contribution >= 4 is 6.03 Å². The zero-order valence-electron chi connectivity index (χ0n) is 9.95. The highest BCUT2D eigenvalue weighted by Gasteiger charge is 2.29. The van der Waals surface area contributed by atoms with Crippen LogP contribution in [-0.4, -0.2) is 68.8 Å². The lowest BCUT2D eigenvalue weighted by Crippen LogP contribution is -2.47. The molecule has 2 aliphatic heterocycles. The number of urea groups is 1. The van der Waals surface area contributed by atoms with E-state index in [1.54, 1.807) is 0 Å². The third kappa shape index (κ3) is 2.65. The smallest absolute Gasteiger partial charge is 0.320 e. The fraction of sp³-hybridized carbons (Fsp3) is 0.909. The average molecular weight is 227 g/mol. The molecule has 0 spiro atoms. The van der Waals surface area contributed by atoms with Crippen LogP contribution in [0.3, 0.4) is 0 Å². The van der Waals surface area contributed by atoms with Gasteiger partial charge in [0.2, 0.25) is 0 Å². The van der Waals surface area contributed by atoms with Crippen molar-refractivity contribution in [2.75, 3.05) is 53.0 Å². The molecule has 0 bridgehead atoms. The second kappa shape index (κ2) is 5.50. The van der Waals surface area contributed by atoms with Gasteiger partial charge in [0.15, 0.2) is 0 Å². The molecule has 16 heavy (non-hydrogen) atoms. The molecule has 2 amide bonds. The fourth-order valence-corrected chi connectivity index (χ4v) is 2.42. The first kappa shape index (κ1) is 11.7. The first-order valence-corrected chi connectivity index (χ1v) is 6.07. The highest BCUT2D eigenvalue weighted by atomic mass is 16.5. The van der Waals surface area contributed by atoms with Crippen molar-refractivity contribution < 1.29 is 9.53 Å². The van der Waals surface area contributed by atoms with Crippen LogP contribution < -0.4 is 5.32 Å². The molecule has 0 aliphatic carbocycles. The monoisotopic (exact) mass is 227 g/mol. The molecule has 0 aromatic heterocycles. The van der Waals surface area contributed by atoms with E-state index in [0.717, 1.165) is 39.1 Å². The average Bonchev–Trinajstić information content (AvgIpc) is 2.78. The zero-order chi connectivity index (χ0) is 11.4. The van der Waals surface area contributed by atoms with Gasteiger partial charge in [0.25, 0.3) is 0 Å². The molecule has 2 rings (SSSR count). The number of carbonyl (C=O) groups excluding carboxylic acids is 1. The normalized spacial score (nSPS) is 26.2. The number of morpholine rings is 1. The van der Waals surface area contributed by atoms with Crippen LogP contribution in [0.1, 0.15) is 6.42 Å². The molecule has 0 aromatic carbocycles. The highest BCUT2D eigenvalue weighted by molar-refractivity contribution is 5.74. The Balaban J connectivity index is 1.81. The maximum Gasteiger partial charge on any atom is 0.320 e. The summed E-state index contributed by atoms with van der Waals surface area (Å²) in [4.78, 5) is 16.0. The molecule has 1 atom stereocenters. The van der Waals surface area contributed by atoms with Gasteiger partial charge in [-0.2, -0.15) is 0 Å². The van der Waals surface area contributed by atoms with Gasteiger partial charge in [-0.05, 0) is 25.9 Å². The van der Waals surface area contributed by atoms with E-state index in [2.05, 4.69) is 5.32 Å². The number of hydrogen-bond donors (Lipinski definition) is 1. The minimum atomic E-state index is 0.196. The Bertz CT molecular complexity index is 241. The number of carbonyl (C=O) groups is 1. The van der Waals surface area contributed by atoms with Crippen LogP contribution >= 0.6 is 0 Å². The summed E-state index contributed by atoms with van der Waals surface area (Å²) in [6.45, 7) is 5.66. The van der Waals surface area contributed by atoms with Gasteiger partial charge >= 0.3 is 6.03 Å². The molecule has 92 valence electrons. The highest BCUT2D eigenvalue weighted by Crippen LogP contribution is 2.17. The topological polar surface area (TPSA) is 44.8 Å². The van der Waals surface area contributed by atoms with Crippen LogP contribution in [0, 0.1) is 5.92 Å². The minimum Gasteiger partial charge on any atom is -0.378 e. The standard InChI is InChI=1S/C11H21N3O2/c1-12-8-10-2-3-14(9-10)11(15)13-4-6-16-7-5-13/h10,12H,2-9H2,1H3. The lowest BCUT2D eigenvalue weighted by atomic mass is 10.1. The molecule has 0 saturated carbocycles. The number of amides is 2. The number of nitrogens with zero attached hydrogens (tertiary/aromatic N) is 2. The maximum absolute atomic E-state index is 12.1. The van der Waals surface area contributed by atoms with E-state index < -0.39 is 0 Å². The number of likely N-dealkylation sites (tertiary alicyclic amines) is 1. The van der Waals surface area contributed by atoms with Crippen molar-refractivity contribution in [3.8, 4) is 0 Å². The molecule has 5 heteroatoms. The number of hydrogen-bond acceptors (Lipinski definition) is 3. The van der Waals surface area contributed by atoms with E-state index in [1.165, 1.54) is 0 Å². The minimum absolute atomic E-state index is 0.196. The number of ether oxygens (including phenoxy) is 1. The van der Waals surface area contributed by atoms with Crippen molar-refractivity contribution in [1.29, 1.82) is 0 Å². The molecule has 0 radical (unpaired) electrons. The van der Waals surface area contributed by atoms with Gasteiger partial charge in [0.1, 0.15) is 0 Å². The molecule has 1 unspecified atom stereocenters. The van der Waals surface area contributed by atoms with Crippen LogP contribution in [-0.2, 0) is 4.74 Å². The van der Waals surface area contributed by atoms with Crippen LogP contribution in [0.25, 0.3) is 0 Å². The molecule has 0 aromatic rings. The summed E-state index contributed by atoms with van der Waals surface area (Å²) in [5.74, 6) is 0.620. The molecule has 2 heterocycles. The molecule has 2 aliphatic rings. The molecule has 2 fully saturated rings. The summed E-state index contributed by atoms with van der Waals surface area (Å²) >= 11 is 0. The second-order valence-corrected chi connectivity index (χ2v) is 4.54. The maximum atomic E-state index is 12.1. The van der Waals surface area contributed by atoms with E-state index >= 15 is 0 Å². The number of rotatable bonds is 2. The van der Waals surface area contributed by atoms with Crippen LogP contribution in [0.2, 0.25) is 0 Å². The summed E-state index contributed by atoms with van der Waals surface area (Å²) in [7, 11) is 1.96. The van der Waals surface area contributed by atoms with Gasteiger partial charge in [0, 0.05) is 26.2 Å². The lowest BCUT2D eigenvalue weighted by molar-refractivity contribution is 0.0449. The van der Waals surface area contributed by atoms with E-state index in [4.69, 9.17) is 4.74 Å². The third-order valence-electron chi connectivity index (χ3n) is 3.33. The van der Waals surface area contributed by atoms with Gasteiger partial charge in [0.05, 0.1) is 13.2 Å². The lowest BCUT2D eigenvalue weighted by Gasteiger charge is -2.31. The van der Waals surface area contributed by atoms with Crippen molar-refractivity contribution in [1.82, 2.24) is 15.1 Å². The van der Waals surface area contributed by atoms with Gasteiger partial charge in [-0.15, -0.1) is 0 Å². The summed E-state index contributed by atoms with van der Waals surface area (Å²) in [6, 6.07) is 0.196. The van der Waals surface area contributed by atoms with Crippen molar-refractivity contribution in [3.05, 3.63) is 0 Å². The van der Waals surface area contributed by atoms with Gasteiger partial charge < -0.3 is 19.9 Å². The van der Waals surface area contributed by atoms with Crippen LogP contribution in [0.4, 0.5) is 4.79 Å². The Morgan fingerprint density at radius 1 is 1.31 bits per heavy atom. The van der Waals surface area contributed by atoms with Crippen LogP contribution in [0.5, 0.6) is 0 Å². The third-order valence-corrected chi connectivity index (χ3v) is 3.33. The van der Waals surface area contributed by atoms with Gasteiger partial charge in [-0.25, -0.2) is 4.79 Å². The Morgan fingerprint density at radius 3 is 2.75 bits per heavy atom. The van der Waals surface area contributed by atoms with E-state index in [1.807, 2.05) is 16.8 Å². The molecular weight excluding hydrogens is 206 g/mol. The first-order valence-electron chi connectivity index (χ1n) is 6.07. The van der Waals surface area contributed by atoms with Crippen molar-refractivity contribution in [2.45, 2.75) is 6.42 Å². The SMILES string of the molecule is CNCC1CCN(C(=O)N2CCOCC2)C1. The van der Waals surface area contributed by atoms with Crippen LogP contribution in [0.15, 0.2) is 0 Å². The fourth-order valence-electron chi connectivity index (χ4n) is 2.42. The Hall–Kier alpha value is -0.810. The summed E-state index contributed by atoms with van der Waals surface area (Å²) in [5.41, 5.74) is 0. The Labute approximate surface area is 96.7 Å². The van der Waals surface area contributed by atoms with E-state index in [9.17, 15) is 4.79 Å². The summed E-state index contributed by atoms with van der Waals surface area (Å²) < 4.78 is 5.25. The van der Waals surface area contributed by atoms with Crippen molar-refractivity contribution in [3.63, 3.8) is 0 Å². The van der Waals surface area contributed by atoms with Gasteiger partial charge in [-0.3, -0.25) is 0 Å². The predicted molar refractivity (Wildman–Crippen MR) is 61.4 cm³/mol. The molecule has 1 N–H and O–H groups in total. The largest absolute Gasteiger partial charge is 0.378 e. The predicted octanol–water partition coefficient (Wildman–Crippen LogP) is -0.0201. The summed E-state index contributed by atoms with van der Waals surface area (Å²) in [6.07, 6.45) is 1.12. The number of nitrogens with one attached hydrogen (secondary N) is 1. The quantitative estimate of drug-likeness (QED) is 0.721. The van der Waals surface area contributed by atoms with Gasteiger partial charge in [-0.1, -0.05) is 0 Å². The Kier molecular flexibility index (Phi) is 4.01.